The third kappa shape index (κ3) is 29.1. The van der Waals surface area contributed by atoms with Gasteiger partial charge in [0.05, 0.1) is 83.8 Å². The van der Waals surface area contributed by atoms with Crippen molar-refractivity contribution < 1.29 is 86.6 Å². The van der Waals surface area contributed by atoms with E-state index in [1.54, 1.807) is 41.5 Å². The third-order valence-corrected chi connectivity index (χ3v) is 13.0. The monoisotopic (exact) mass is 1070 g/mol. The summed E-state index contributed by atoms with van der Waals surface area (Å²) in [7, 11) is 16.1. The zero-order chi connectivity index (χ0) is 58.1. The molecule has 0 spiro atoms. The molecule has 1 rings (SSSR count). The van der Waals surface area contributed by atoms with Gasteiger partial charge in [0.25, 0.3) is 0 Å². The minimum atomic E-state index is -1.49. The number of nitrogens with one attached hydrogen (secondary N) is 2. The van der Waals surface area contributed by atoms with Crippen LogP contribution in [0.1, 0.15) is 122 Å². The quantitative estimate of drug-likeness (QED) is 0.0199. The first-order chi connectivity index (χ1) is 33.8. The highest BCUT2D eigenvalue weighted by Gasteiger charge is 2.44. The zero-order valence-electron chi connectivity index (χ0n) is 49.4. The first kappa shape index (κ1) is 72.5. The van der Waals surface area contributed by atoms with Crippen LogP contribution in [0.4, 0.5) is 0 Å². The molecule has 1 aliphatic rings. The molecule has 74 heavy (non-hydrogen) atoms. The maximum absolute atomic E-state index is 12.9. The largest absolute Gasteiger partial charge is 0.464 e. The molecular formula is C53H105N5O16+2. The number of carbonyl (C=O) groups excluding carboxylic acids is 6. The van der Waals surface area contributed by atoms with Gasteiger partial charge in [0.1, 0.15) is 63.9 Å². The first-order valence-corrected chi connectivity index (χ1v) is 26.2. The number of likely N-dealkylation sites (N-methyl/N-ethyl adjacent to an activating group) is 3. The van der Waals surface area contributed by atoms with Crippen molar-refractivity contribution >= 4 is 35.7 Å². The molecule has 0 aromatic heterocycles. The van der Waals surface area contributed by atoms with Crippen molar-refractivity contribution in [2.24, 2.45) is 33.5 Å². The van der Waals surface area contributed by atoms with E-state index in [1.165, 1.54) is 0 Å². The summed E-state index contributed by atoms with van der Waals surface area (Å²) in [5.41, 5.74) is -2.55. The van der Waals surface area contributed by atoms with Crippen LogP contribution in [0.3, 0.4) is 0 Å². The smallest absolute Gasteiger partial charge is 0.311 e. The van der Waals surface area contributed by atoms with Crippen LogP contribution in [0.5, 0.6) is 0 Å². The fraction of sp³-hybridized carbons (Fsp3) is 0.887. The molecule has 1 fully saturated rings. The second-order valence-corrected chi connectivity index (χ2v) is 24.1. The van der Waals surface area contributed by atoms with E-state index in [2.05, 4.69) is 10.6 Å². The number of ether oxygens (including phenoxy) is 6. The Kier molecular flexibility index (Phi) is 32.9. The highest BCUT2D eigenvalue weighted by atomic mass is 16.7. The van der Waals surface area contributed by atoms with Crippen molar-refractivity contribution in [3.05, 3.63) is 0 Å². The molecule has 7 atom stereocenters. The van der Waals surface area contributed by atoms with Crippen molar-refractivity contribution in [2.75, 3.05) is 122 Å². The molecule has 0 aromatic rings. The van der Waals surface area contributed by atoms with E-state index in [-0.39, 0.29) is 61.0 Å². The van der Waals surface area contributed by atoms with E-state index < -0.39 is 65.4 Å². The Bertz CT molecular complexity index is 1610. The number of aliphatic hydroxyl groups excluding tert-OH is 4. The van der Waals surface area contributed by atoms with Gasteiger partial charge >= 0.3 is 23.9 Å². The number of aliphatic hydroxyl groups is 4. The van der Waals surface area contributed by atoms with Gasteiger partial charge in [-0.05, 0) is 108 Å². The zero-order valence-corrected chi connectivity index (χ0v) is 49.4. The summed E-state index contributed by atoms with van der Waals surface area (Å²) in [5, 5.41) is 43.6. The van der Waals surface area contributed by atoms with Crippen LogP contribution in [0, 0.1) is 33.5 Å². The van der Waals surface area contributed by atoms with Gasteiger partial charge in [-0.2, -0.15) is 0 Å². The minimum absolute atomic E-state index is 0.0204. The van der Waals surface area contributed by atoms with Gasteiger partial charge < -0.3 is 73.3 Å². The Morgan fingerprint density at radius 2 is 0.919 bits per heavy atom. The van der Waals surface area contributed by atoms with Gasteiger partial charge in [-0.25, -0.2) is 0 Å². The molecule has 2 amide bonds. The van der Waals surface area contributed by atoms with Gasteiger partial charge in [-0.15, -0.1) is 0 Å². The molecule has 6 N–H and O–H groups in total. The van der Waals surface area contributed by atoms with Crippen molar-refractivity contribution in [3.63, 3.8) is 0 Å². The van der Waals surface area contributed by atoms with Crippen LogP contribution in [0.25, 0.3) is 0 Å². The predicted octanol–water partition coefficient (Wildman–Crippen LogP) is 2.87. The molecule has 0 bridgehead atoms. The number of quaternary nitrogens is 2. The minimum Gasteiger partial charge on any atom is -0.464 e. The molecule has 0 saturated carbocycles. The van der Waals surface area contributed by atoms with Gasteiger partial charge in [-0.1, -0.05) is 27.7 Å². The van der Waals surface area contributed by atoms with E-state index in [9.17, 15) is 44.1 Å². The Labute approximate surface area is 444 Å². The number of nitrogens with zero attached hydrogens (tertiary/aromatic N) is 3. The lowest BCUT2D eigenvalue weighted by Gasteiger charge is -2.39. The lowest BCUT2D eigenvalue weighted by Crippen LogP contribution is -2.59. The lowest BCUT2D eigenvalue weighted by molar-refractivity contribution is -0.870. The van der Waals surface area contributed by atoms with E-state index in [0.717, 1.165) is 13.0 Å². The Morgan fingerprint density at radius 1 is 0.554 bits per heavy atom. The number of esters is 4. The molecule has 21 heteroatoms. The van der Waals surface area contributed by atoms with E-state index in [4.69, 9.17) is 33.5 Å². The molecule has 0 radical (unpaired) electrons. The molecule has 4 unspecified atom stereocenters. The average Bonchev–Trinajstić information content (AvgIpc) is 3.30. The van der Waals surface area contributed by atoms with Crippen LogP contribution >= 0.6 is 0 Å². The number of amides is 2. The first-order valence-electron chi connectivity index (χ1n) is 26.2. The number of rotatable bonds is 30. The van der Waals surface area contributed by atoms with Gasteiger partial charge in [0.2, 0.25) is 11.8 Å². The van der Waals surface area contributed by atoms with E-state index >= 15 is 0 Å². The molecule has 0 aromatic carbocycles. The van der Waals surface area contributed by atoms with Crippen LogP contribution in [0.2, 0.25) is 0 Å². The predicted molar refractivity (Wildman–Crippen MR) is 282 cm³/mol. The maximum atomic E-state index is 12.9. The number of hydrogen-bond donors (Lipinski definition) is 6. The fourth-order valence-electron chi connectivity index (χ4n) is 6.47. The van der Waals surface area contributed by atoms with Crippen molar-refractivity contribution in [1.29, 1.82) is 0 Å². The Hall–Kier alpha value is -3.54. The fourth-order valence-corrected chi connectivity index (χ4v) is 6.47. The summed E-state index contributed by atoms with van der Waals surface area (Å²) in [6.45, 7) is 24.9. The number of carbonyl (C=O) groups is 6. The van der Waals surface area contributed by atoms with Crippen molar-refractivity contribution in [1.82, 2.24) is 15.5 Å². The molecule has 1 saturated heterocycles. The summed E-state index contributed by atoms with van der Waals surface area (Å²) in [4.78, 5) is 76.2. The molecule has 1 aliphatic heterocycles. The van der Waals surface area contributed by atoms with Crippen molar-refractivity contribution in [2.45, 2.75) is 152 Å². The Morgan fingerprint density at radius 3 is 1.26 bits per heavy atom. The van der Waals surface area contributed by atoms with Gasteiger partial charge in [-0.3, -0.25) is 28.8 Å². The molecule has 21 nitrogen and oxygen atoms in total. The third-order valence-electron chi connectivity index (χ3n) is 13.0. The van der Waals surface area contributed by atoms with E-state index in [1.807, 2.05) is 103 Å². The average molecular weight is 1070 g/mol. The molecular weight excluding hydrogens is 963 g/mol. The second-order valence-electron chi connectivity index (χ2n) is 24.1. The topological polar surface area (TPSA) is 266 Å². The summed E-state index contributed by atoms with van der Waals surface area (Å²) in [6.07, 6.45) is -3.37. The van der Waals surface area contributed by atoms with Crippen molar-refractivity contribution in [3.8, 4) is 0 Å². The van der Waals surface area contributed by atoms with Crippen LogP contribution < -0.4 is 10.6 Å². The highest BCUT2D eigenvalue weighted by molar-refractivity contribution is 5.83. The summed E-state index contributed by atoms with van der Waals surface area (Å²) >= 11 is 0. The number of hydrogen-bond acceptors (Lipinski definition) is 17. The van der Waals surface area contributed by atoms with Crippen LogP contribution in [-0.4, -0.2) is 223 Å². The summed E-state index contributed by atoms with van der Waals surface area (Å²) in [6, 6.07) is 0. The normalized spacial score (nSPS) is 19.3. The SMILES string of the molecule is CCC(C)(C)C(=O)OCCN(C)C.CCC(C)(C)C(=O)OCCO[C@H]1OC(CO)[C@H](O)C(O)[C@H]1O.CCC(CC(C)(C)C(=O)OCC[N+](C)(C)C)C(=O)NCNC(=O)C(CC)CC(C)(C)C(=O)OCC[N+](C)(C)C. The van der Waals surface area contributed by atoms with E-state index in [0.29, 0.717) is 74.0 Å². The summed E-state index contributed by atoms with van der Waals surface area (Å²) in [5.74, 6) is -2.34. The Balaban J connectivity index is 0. The maximum Gasteiger partial charge on any atom is 0.311 e. The highest BCUT2D eigenvalue weighted by Crippen LogP contribution is 2.31. The summed E-state index contributed by atoms with van der Waals surface area (Å²) < 4.78 is 32.9. The molecule has 1 heterocycles. The van der Waals surface area contributed by atoms with Gasteiger partial charge in [0.15, 0.2) is 6.29 Å². The standard InChI is InChI=1S/C29H56N4O6.C14H26O8.C10H21NO2/c1-13-22(19-28(3,4)26(36)38-17-15-32(7,8)9)24(34)30-21-31-25(35)23(14-2)20-29(5,6)27(37)39-18-16-33(10,11)12;1-4-14(2,3)13(19)21-6-5-20-12-11(18)10(17)9(16)8(7-15)22-12;1-6-10(2,3)9(12)13-8-7-11(4)5/h22-23H,13-21H2,1-12H3;8-12,15-18H,4-7H2,1-3H3;6-8H2,1-5H3/p+2/t;8?,9-,10?,11+,12-;/m.0./s1. The molecule has 436 valence electrons. The van der Waals surface area contributed by atoms with Gasteiger partial charge in [0, 0.05) is 18.4 Å². The van der Waals surface area contributed by atoms with Crippen LogP contribution in [0.15, 0.2) is 0 Å². The van der Waals surface area contributed by atoms with Crippen LogP contribution in [-0.2, 0) is 57.2 Å². The second kappa shape index (κ2) is 33.6. The molecule has 0 aliphatic carbocycles. The lowest BCUT2D eigenvalue weighted by atomic mass is 9.81.